The third-order valence-corrected chi connectivity index (χ3v) is 5.76. The molecule has 0 heterocycles. The minimum atomic E-state index is -1.38. The fourth-order valence-electron chi connectivity index (χ4n) is 3.18. The number of halogens is 1. The summed E-state index contributed by atoms with van der Waals surface area (Å²) in [5.74, 6) is -1.21. The average molecular weight is 656 g/mol. The maximum atomic E-state index is 13.0. The summed E-state index contributed by atoms with van der Waals surface area (Å²) in [4.78, 5) is 38.0. The number of hydrogen-bond acceptors (Lipinski definition) is 9. The zero-order valence-corrected chi connectivity index (χ0v) is 24.2. The molecule has 0 bridgehead atoms. The molecule has 39 heavy (non-hydrogen) atoms. The van der Waals surface area contributed by atoms with Gasteiger partial charge >= 0.3 is 6.09 Å². The van der Waals surface area contributed by atoms with Crippen molar-refractivity contribution in [3.05, 3.63) is 51.1 Å². The largest absolute Gasteiger partial charge is 0.508 e. The van der Waals surface area contributed by atoms with Crippen LogP contribution in [0.3, 0.4) is 0 Å². The lowest BCUT2D eigenvalue weighted by atomic mass is 10.0. The number of phenols is 2. The molecule has 0 fully saturated rings. The van der Waals surface area contributed by atoms with Crippen molar-refractivity contribution in [3.63, 3.8) is 0 Å². The van der Waals surface area contributed by atoms with Gasteiger partial charge in [-0.3, -0.25) is 9.59 Å². The van der Waals surface area contributed by atoms with Crippen LogP contribution in [0.2, 0.25) is 0 Å². The summed E-state index contributed by atoms with van der Waals surface area (Å²) in [7, 11) is 0. The van der Waals surface area contributed by atoms with Crippen LogP contribution in [-0.2, 0) is 20.7 Å². The SMILES string of the molecule is CCOc1cc(/C=N\NC(=O)[C@H](Cc2ccc(O)cc2)NC(=O)[C@H](CO)NC(=O)OC(C)(C)C)cc(I)c1O. The predicted molar refractivity (Wildman–Crippen MR) is 152 cm³/mol. The number of nitrogens with one attached hydrogen (secondary N) is 3. The van der Waals surface area contributed by atoms with Gasteiger partial charge in [0.25, 0.3) is 5.91 Å². The van der Waals surface area contributed by atoms with Crippen LogP contribution in [0.4, 0.5) is 4.79 Å². The van der Waals surface area contributed by atoms with E-state index in [9.17, 15) is 29.7 Å². The van der Waals surface area contributed by atoms with Crippen LogP contribution in [0.15, 0.2) is 41.5 Å². The van der Waals surface area contributed by atoms with Crippen LogP contribution in [0, 0.1) is 3.57 Å². The van der Waals surface area contributed by atoms with Crippen molar-refractivity contribution in [1.82, 2.24) is 16.1 Å². The van der Waals surface area contributed by atoms with Gasteiger partial charge in [0.15, 0.2) is 11.5 Å². The number of aliphatic hydroxyl groups is 1. The van der Waals surface area contributed by atoms with Crippen LogP contribution in [0.5, 0.6) is 17.2 Å². The van der Waals surface area contributed by atoms with E-state index in [0.29, 0.717) is 21.3 Å². The first-order valence-corrected chi connectivity index (χ1v) is 13.1. The number of carbonyl (C=O) groups excluding carboxylic acids is 3. The second kappa shape index (κ2) is 14.5. The molecule has 2 aromatic rings. The van der Waals surface area contributed by atoms with Gasteiger partial charge in [0, 0.05) is 6.42 Å². The number of hydrogen-bond donors (Lipinski definition) is 6. The number of hydrazone groups is 1. The molecule has 2 rings (SSSR count). The standard InChI is InChI=1S/C26H33IN4O8/c1-5-38-21-12-16(10-18(27)22(21)34)13-28-31-24(36)19(11-15-6-8-17(33)9-7-15)29-23(35)20(14-32)30-25(37)39-26(2,3)4/h6-10,12-13,19-20,32-34H,5,11,14H2,1-4H3,(H,29,35)(H,30,37)(H,31,36)/b28-13-/t19-,20-/m0/s1. The Kier molecular flexibility index (Phi) is 11.8. The Morgan fingerprint density at radius 1 is 1.05 bits per heavy atom. The van der Waals surface area contributed by atoms with E-state index < -0.39 is 42.2 Å². The Morgan fingerprint density at radius 2 is 1.72 bits per heavy atom. The van der Waals surface area contributed by atoms with Gasteiger partial charge in [0.1, 0.15) is 23.4 Å². The highest BCUT2D eigenvalue weighted by Crippen LogP contribution is 2.32. The Bertz CT molecular complexity index is 1180. The van der Waals surface area contributed by atoms with Crippen LogP contribution >= 0.6 is 22.6 Å². The maximum Gasteiger partial charge on any atom is 0.408 e. The van der Waals surface area contributed by atoms with E-state index in [4.69, 9.17) is 9.47 Å². The number of nitrogens with zero attached hydrogens (tertiary/aromatic N) is 1. The van der Waals surface area contributed by atoms with Crippen molar-refractivity contribution in [1.29, 1.82) is 0 Å². The zero-order valence-electron chi connectivity index (χ0n) is 22.0. The topological polar surface area (TPSA) is 179 Å². The maximum absolute atomic E-state index is 13.0. The Hall–Kier alpha value is -3.59. The van der Waals surface area contributed by atoms with Gasteiger partial charge in [-0.1, -0.05) is 12.1 Å². The van der Waals surface area contributed by atoms with E-state index in [1.807, 2.05) is 22.6 Å². The number of phenolic OH excluding ortho intramolecular Hbond substituents is 2. The summed E-state index contributed by atoms with van der Waals surface area (Å²) >= 11 is 1.94. The lowest BCUT2D eigenvalue weighted by Crippen LogP contribution is -2.55. The van der Waals surface area contributed by atoms with Crippen LogP contribution in [0.1, 0.15) is 38.8 Å². The zero-order chi connectivity index (χ0) is 29.2. The lowest BCUT2D eigenvalue weighted by molar-refractivity contribution is -0.130. The number of alkyl carbamates (subject to hydrolysis) is 1. The first kappa shape index (κ1) is 31.6. The van der Waals surface area contributed by atoms with E-state index in [2.05, 4.69) is 21.2 Å². The summed E-state index contributed by atoms with van der Waals surface area (Å²) in [5, 5.41) is 38.1. The normalized spacial score (nSPS) is 12.9. The van der Waals surface area contributed by atoms with Gasteiger partial charge in [-0.2, -0.15) is 5.10 Å². The molecular weight excluding hydrogens is 623 g/mol. The van der Waals surface area contributed by atoms with Crippen molar-refractivity contribution >= 4 is 46.7 Å². The molecule has 0 aliphatic carbocycles. The summed E-state index contributed by atoms with van der Waals surface area (Å²) in [6.45, 7) is 6.33. The first-order chi connectivity index (χ1) is 18.3. The fraction of sp³-hybridized carbons (Fsp3) is 0.385. The lowest BCUT2D eigenvalue weighted by Gasteiger charge is -2.24. The number of amides is 3. The summed E-state index contributed by atoms with van der Waals surface area (Å²) in [6, 6.07) is 6.70. The molecule has 0 spiro atoms. The number of aliphatic hydroxyl groups excluding tert-OH is 1. The van der Waals surface area contributed by atoms with Crippen LogP contribution in [0.25, 0.3) is 0 Å². The number of ether oxygens (including phenoxy) is 2. The van der Waals surface area contributed by atoms with Crippen molar-refractivity contribution in [2.75, 3.05) is 13.2 Å². The molecule has 0 aromatic heterocycles. The van der Waals surface area contributed by atoms with E-state index in [1.54, 1.807) is 52.0 Å². The van der Waals surface area contributed by atoms with Gasteiger partial charge in [-0.15, -0.1) is 0 Å². The van der Waals surface area contributed by atoms with Crippen LogP contribution in [-0.4, -0.2) is 70.3 Å². The predicted octanol–water partition coefficient (Wildman–Crippen LogP) is 2.16. The molecule has 0 saturated heterocycles. The van der Waals surface area contributed by atoms with Crippen molar-refractivity contribution < 1.29 is 39.2 Å². The third-order valence-electron chi connectivity index (χ3n) is 4.94. The van der Waals surface area contributed by atoms with Gasteiger partial charge in [0.05, 0.1) is 23.0 Å². The van der Waals surface area contributed by atoms with Gasteiger partial charge in [-0.25, -0.2) is 10.2 Å². The Labute approximate surface area is 239 Å². The minimum Gasteiger partial charge on any atom is -0.508 e. The van der Waals surface area contributed by atoms with Gasteiger partial charge in [0.2, 0.25) is 5.91 Å². The van der Waals surface area contributed by atoms with Gasteiger partial charge in [-0.05, 0) is 85.7 Å². The number of rotatable bonds is 11. The monoisotopic (exact) mass is 656 g/mol. The Morgan fingerprint density at radius 3 is 2.31 bits per heavy atom. The smallest absolute Gasteiger partial charge is 0.408 e. The molecule has 0 unspecified atom stereocenters. The molecule has 2 atom stereocenters. The number of carbonyl (C=O) groups is 3. The van der Waals surface area contributed by atoms with Gasteiger partial charge < -0.3 is 35.4 Å². The first-order valence-electron chi connectivity index (χ1n) is 12.0. The molecular formula is C26H33IN4O8. The highest BCUT2D eigenvalue weighted by molar-refractivity contribution is 14.1. The number of aromatic hydroxyl groups is 2. The van der Waals surface area contributed by atoms with Crippen molar-refractivity contribution in [3.8, 4) is 17.2 Å². The molecule has 0 aliphatic heterocycles. The minimum absolute atomic E-state index is 0.00580. The second-order valence-corrected chi connectivity index (χ2v) is 10.5. The molecule has 212 valence electrons. The summed E-state index contributed by atoms with van der Waals surface area (Å²) < 4.78 is 11.1. The molecule has 12 nitrogen and oxygen atoms in total. The number of benzene rings is 2. The van der Waals surface area contributed by atoms with E-state index in [1.165, 1.54) is 18.3 Å². The van der Waals surface area contributed by atoms with Crippen LogP contribution < -0.4 is 20.8 Å². The molecule has 13 heteroatoms. The molecule has 6 N–H and O–H groups in total. The molecule has 0 aliphatic rings. The second-order valence-electron chi connectivity index (χ2n) is 9.33. The van der Waals surface area contributed by atoms with E-state index >= 15 is 0 Å². The highest BCUT2D eigenvalue weighted by Gasteiger charge is 2.28. The average Bonchev–Trinajstić information content (AvgIpc) is 2.85. The molecule has 3 amide bonds. The van der Waals surface area contributed by atoms with Crippen molar-refractivity contribution in [2.24, 2.45) is 5.10 Å². The van der Waals surface area contributed by atoms with Crippen molar-refractivity contribution in [2.45, 2.75) is 51.8 Å². The molecule has 2 aromatic carbocycles. The van der Waals surface area contributed by atoms with E-state index in [0.717, 1.165) is 0 Å². The van der Waals surface area contributed by atoms with E-state index in [-0.39, 0.29) is 23.7 Å². The quantitative estimate of drug-likeness (QED) is 0.121. The summed E-state index contributed by atoms with van der Waals surface area (Å²) in [5.41, 5.74) is 2.71. The third kappa shape index (κ3) is 10.6. The fourth-order valence-corrected chi connectivity index (χ4v) is 3.80. The molecule has 0 saturated carbocycles. The highest BCUT2D eigenvalue weighted by atomic mass is 127. The Balaban J connectivity index is 2.18. The summed E-state index contributed by atoms with van der Waals surface area (Å²) in [6.07, 6.45) is 0.460. The molecule has 0 radical (unpaired) electrons.